The van der Waals surface area contributed by atoms with Crippen LogP contribution < -0.4 is 0 Å². The topological polar surface area (TPSA) is 23.0 Å². The van der Waals surface area contributed by atoms with Crippen molar-refractivity contribution in [2.24, 2.45) is 0 Å². The first-order chi connectivity index (χ1) is 19.4. The summed E-state index contributed by atoms with van der Waals surface area (Å²) in [7, 11) is 0. The standard InChI is InChI=1S/C36H22N2O/c1-3-11-23(12-4-1)37-30-17-9-7-15-25(30)27-19-20-29-33-31(38(35(29)34(27)37)24-13-5-2-6-14-24)22-21-28-26-16-8-10-18-32(26)39-36(28)33/h1-22H. The van der Waals surface area contributed by atoms with Crippen molar-refractivity contribution in [3.8, 4) is 11.4 Å². The predicted octanol–water partition coefficient (Wildman–Crippen LogP) is 9.78. The molecule has 9 aromatic rings. The molecule has 182 valence electrons. The van der Waals surface area contributed by atoms with E-state index in [0.717, 1.165) is 44.2 Å². The summed E-state index contributed by atoms with van der Waals surface area (Å²) in [6, 6.07) is 47.4. The molecule has 6 aromatic carbocycles. The van der Waals surface area contributed by atoms with Gasteiger partial charge in [0.1, 0.15) is 11.2 Å². The second-order valence-electron chi connectivity index (χ2n) is 10.2. The van der Waals surface area contributed by atoms with Crippen LogP contribution in [-0.4, -0.2) is 9.13 Å². The summed E-state index contributed by atoms with van der Waals surface area (Å²) in [5.41, 5.74) is 8.85. The van der Waals surface area contributed by atoms with Crippen molar-refractivity contribution in [1.82, 2.24) is 9.13 Å². The van der Waals surface area contributed by atoms with E-state index in [1.807, 2.05) is 6.07 Å². The van der Waals surface area contributed by atoms with E-state index in [-0.39, 0.29) is 0 Å². The molecule has 0 fully saturated rings. The second kappa shape index (κ2) is 7.62. The lowest BCUT2D eigenvalue weighted by Crippen LogP contribution is -1.98. The Labute approximate surface area is 223 Å². The van der Waals surface area contributed by atoms with Crippen molar-refractivity contribution in [1.29, 1.82) is 0 Å². The van der Waals surface area contributed by atoms with Gasteiger partial charge in [-0.2, -0.15) is 0 Å². The van der Waals surface area contributed by atoms with E-state index in [9.17, 15) is 0 Å². The van der Waals surface area contributed by atoms with Crippen LogP contribution in [0.5, 0.6) is 0 Å². The summed E-state index contributed by atoms with van der Waals surface area (Å²) >= 11 is 0. The quantitative estimate of drug-likeness (QED) is 0.233. The van der Waals surface area contributed by atoms with Crippen molar-refractivity contribution in [2.45, 2.75) is 0 Å². The predicted molar refractivity (Wildman–Crippen MR) is 162 cm³/mol. The first-order valence-electron chi connectivity index (χ1n) is 13.3. The van der Waals surface area contributed by atoms with Crippen molar-refractivity contribution in [3.05, 3.63) is 133 Å². The summed E-state index contributed by atoms with van der Waals surface area (Å²) < 4.78 is 11.4. The first kappa shape index (κ1) is 20.7. The van der Waals surface area contributed by atoms with Crippen LogP contribution in [0.15, 0.2) is 138 Å². The van der Waals surface area contributed by atoms with Gasteiger partial charge in [0.2, 0.25) is 0 Å². The molecular weight excluding hydrogens is 476 g/mol. The van der Waals surface area contributed by atoms with Gasteiger partial charge >= 0.3 is 0 Å². The number of rotatable bonds is 2. The summed E-state index contributed by atoms with van der Waals surface area (Å²) in [4.78, 5) is 0. The third kappa shape index (κ3) is 2.71. The SMILES string of the molecule is c1ccc(-n2c3ccccc3c3ccc4c5c6oc7ccccc7c6ccc5n(-c5ccccc5)c4c32)cc1. The molecule has 0 saturated carbocycles. The van der Waals surface area contributed by atoms with Gasteiger partial charge in [-0.25, -0.2) is 0 Å². The van der Waals surface area contributed by atoms with Crippen molar-refractivity contribution in [3.63, 3.8) is 0 Å². The lowest BCUT2D eigenvalue weighted by molar-refractivity contribution is 0.673. The van der Waals surface area contributed by atoms with Crippen LogP contribution >= 0.6 is 0 Å². The Kier molecular flexibility index (Phi) is 4.05. The Morgan fingerprint density at radius 3 is 1.72 bits per heavy atom. The van der Waals surface area contributed by atoms with Gasteiger partial charge < -0.3 is 13.6 Å². The van der Waals surface area contributed by atoms with E-state index >= 15 is 0 Å². The zero-order valence-corrected chi connectivity index (χ0v) is 21.0. The van der Waals surface area contributed by atoms with Gasteiger partial charge in [-0.3, -0.25) is 0 Å². The van der Waals surface area contributed by atoms with Crippen LogP contribution in [0.1, 0.15) is 0 Å². The maximum Gasteiger partial charge on any atom is 0.145 e. The molecule has 0 N–H and O–H groups in total. The number of aromatic nitrogens is 2. The Hall–Kier alpha value is -5.28. The minimum atomic E-state index is 0.917. The van der Waals surface area contributed by atoms with Crippen molar-refractivity contribution in [2.75, 3.05) is 0 Å². The fourth-order valence-corrected chi connectivity index (χ4v) is 6.50. The van der Waals surface area contributed by atoms with Gasteiger partial charge in [-0.15, -0.1) is 0 Å². The Morgan fingerprint density at radius 2 is 0.949 bits per heavy atom. The molecule has 0 radical (unpaired) electrons. The van der Waals surface area contributed by atoms with Gasteiger partial charge in [0.25, 0.3) is 0 Å². The minimum absolute atomic E-state index is 0.917. The zero-order chi connectivity index (χ0) is 25.5. The van der Waals surface area contributed by atoms with Crippen molar-refractivity contribution < 1.29 is 4.42 Å². The molecule has 39 heavy (non-hydrogen) atoms. The molecule has 0 aliphatic carbocycles. The Balaban J connectivity index is 1.59. The fourth-order valence-electron chi connectivity index (χ4n) is 6.50. The molecule has 0 atom stereocenters. The minimum Gasteiger partial charge on any atom is -0.455 e. The van der Waals surface area contributed by atoms with Crippen LogP contribution in [0.4, 0.5) is 0 Å². The smallest absolute Gasteiger partial charge is 0.145 e. The highest BCUT2D eigenvalue weighted by Crippen LogP contribution is 2.44. The van der Waals surface area contributed by atoms with Crippen molar-refractivity contribution >= 4 is 65.6 Å². The molecule has 0 aliphatic rings. The van der Waals surface area contributed by atoms with Crippen LogP contribution in [0.3, 0.4) is 0 Å². The Morgan fingerprint density at radius 1 is 0.385 bits per heavy atom. The number of nitrogens with zero attached hydrogens (tertiary/aromatic N) is 2. The lowest BCUT2D eigenvalue weighted by atomic mass is 10.1. The van der Waals surface area contributed by atoms with Gasteiger partial charge in [-0.1, -0.05) is 84.9 Å². The highest BCUT2D eigenvalue weighted by atomic mass is 16.3. The number of para-hydroxylation sites is 4. The highest BCUT2D eigenvalue weighted by molar-refractivity contribution is 6.29. The maximum atomic E-state index is 6.59. The fraction of sp³-hybridized carbons (Fsp3) is 0. The maximum absolute atomic E-state index is 6.59. The third-order valence-electron chi connectivity index (χ3n) is 8.10. The molecule has 9 rings (SSSR count). The van der Waals surface area contributed by atoms with E-state index in [0.29, 0.717) is 0 Å². The number of benzene rings is 6. The molecule has 0 amide bonds. The van der Waals surface area contributed by atoms with E-state index in [1.54, 1.807) is 0 Å². The van der Waals surface area contributed by atoms with Gasteiger partial charge in [0.05, 0.1) is 27.5 Å². The number of hydrogen-bond donors (Lipinski definition) is 0. The summed E-state index contributed by atoms with van der Waals surface area (Å²) in [5, 5.41) is 7.11. The zero-order valence-electron chi connectivity index (χ0n) is 21.0. The summed E-state index contributed by atoms with van der Waals surface area (Å²) in [6.07, 6.45) is 0. The van der Waals surface area contributed by atoms with E-state index < -0.39 is 0 Å². The largest absolute Gasteiger partial charge is 0.455 e. The van der Waals surface area contributed by atoms with Crippen LogP contribution in [-0.2, 0) is 0 Å². The first-order valence-corrected chi connectivity index (χ1v) is 13.3. The number of hydrogen-bond acceptors (Lipinski definition) is 1. The second-order valence-corrected chi connectivity index (χ2v) is 10.2. The molecule has 3 heterocycles. The molecule has 3 nitrogen and oxygen atoms in total. The normalized spacial score (nSPS) is 12.1. The summed E-state index contributed by atoms with van der Waals surface area (Å²) in [5.74, 6) is 0. The van der Waals surface area contributed by atoms with E-state index in [4.69, 9.17) is 4.42 Å². The molecule has 0 spiro atoms. The molecule has 0 saturated heterocycles. The number of fused-ring (bicyclic) bond motifs is 11. The van der Waals surface area contributed by atoms with E-state index in [2.05, 4.69) is 137 Å². The molecule has 0 unspecified atom stereocenters. The number of furan rings is 1. The average molecular weight is 499 g/mol. The van der Waals surface area contributed by atoms with Crippen LogP contribution in [0.2, 0.25) is 0 Å². The lowest BCUT2D eigenvalue weighted by Gasteiger charge is -2.12. The molecule has 3 aromatic heterocycles. The van der Waals surface area contributed by atoms with E-state index in [1.165, 1.54) is 32.7 Å². The van der Waals surface area contributed by atoms with Crippen LogP contribution in [0.25, 0.3) is 76.9 Å². The Bertz CT molecular complexity index is 2370. The molecular formula is C36H22N2O. The summed E-state index contributed by atoms with van der Waals surface area (Å²) in [6.45, 7) is 0. The molecule has 0 aliphatic heterocycles. The molecule has 0 bridgehead atoms. The van der Waals surface area contributed by atoms with Gasteiger partial charge in [-0.05, 0) is 48.5 Å². The molecule has 3 heteroatoms. The van der Waals surface area contributed by atoms with Gasteiger partial charge in [0.15, 0.2) is 0 Å². The monoisotopic (exact) mass is 498 g/mol. The average Bonchev–Trinajstić information content (AvgIpc) is 3.65. The van der Waals surface area contributed by atoms with Crippen LogP contribution in [0, 0.1) is 0 Å². The third-order valence-corrected chi connectivity index (χ3v) is 8.10. The van der Waals surface area contributed by atoms with Gasteiger partial charge in [0, 0.05) is 38.3 Å². The highest BCUT2D eigenvalue weighted by Gasteiger charge is 2.23.